The number of carbonyl (C=O) groups is 2. The van der Waals surface area contributed by atoms with Gasteiger partial charge in [0.2, 0.25) is 0 Å². The van der Waals surface area contributed by atoms with E-state index in [1.54, 1.807) is 20.8 Å². The minimum Gasteiger partial charge on any atom is -0.511 e. The average molecular weight is 445 g/mol. The number of hydrogen-bond donors (Lipinski definition) is 3. The van der Waals surface area contributed by atoms with Crippen LogP contribution in [0.4, 0.5) is 0 Å². The fourth-order valence-corrected chi connectivity index (χ4v) is 4.98. The van der Waals surface area contributed by atoms with Crippen LogP contribution in [0.5, 0.6) is 0 Å². The van der Waals surface area contributed by atoms with Crippen LogP contribution in [0.1, 0.15) is 80.6 Å². The fraction of sp³-hybridized carbons (Fsp3) is 0.630. The molecule has 1 saturated carbocycles. The van der Waals surface area contributed by atoms with Crippen molar-refractivity contribution in [2.24, 2.45) is 23.2 Å². The van der Waals surface area contributed by atoms with Crippen LogP contribution in [-0.4, -0.2) is 32.5 Å². The second-order valence-corrected chi connectivity index (χ2v) is 10.5. The number of allylic oxidation sites excluding steroid dienone is 6. The summed E-state index contributed by atoms with van der Waals surface area (Å²) >= 11 is 0. The molecule has 5 nitrogen and oxygen atoms in total. The zero-order chi connectivity index (χ0) is 24.6. The molecule has 5 heteroatoms. The molecule has 2 aliphatic carbocycles. The third-order valence-corrected chi connectivity index (χ3v) is 7.59. The highest BCUT2D eigenvalue weighted by molar-refractivity contribution is 6.24. The van der Waals surface area contributed by atoms with Crippen molar-refractivity contribution in [1.29, 1.82) is 0 Å². The van der Waals surface area contributed by atoms with Crippen LogP contribution >= 0.6 is 0 Å². The normalized spacial score (nSPS) is 31.7. The molecule has 2 unspecified atom stereocenters. The molecule has 178 valence electrons. The molecule has 0 spiro atoms. The molecule has 1 fully saturated rings. The Morgan fingerprint density at radius 2 is 1.84 bits per heavy atom. The van der Waals surface area contributed by atoms with E-state index in [-0.39, 0.29) is 41.6 Å². The van der Waals surface area contributed by atoms with Gasteiger partial charge < -0.3 is 15.3 Å². The largest absolute Gasteiger partial charge is 0.511 e. The van der Waals surface area contributed by atoms with Gasteiger partial charge >= 0.3 is 0 Å². The molecule has 0 saturated heterocycles. The van der Waals surface area contributed by atoms with Gasteiger partial charge in [-0.3, -0.25) is 9.59 Å². The molecule has 0 aromatic rings. The van der Waals surface area contributed by atoms with Crippen molar-refractivity contribution < 1.29 is 24.9 Å². The minimum atomic E-state index is -1.35. The number of rotatable bonds is 8. The van der Waals surface area contributed by atoms with Gasteiger partial charge in [0.1, 0.15) is 17.1 Å². The highest BCUT2D eigenvalue weighted by atomic mass is 16.3. The number of Topliss-reactive ketones (excluding diaryl/α,β-unsaturated/α-hetero) is 2. The van der Waals surface area contributed by atoms with E-state index >= 15 is 0 Å². The van der Waals surface area contributed by atoms with Crippen LogP contribution in [0.15, 0.2) is 46.5 Å². The summed E-state index contributed by atoms with van der Waals surface area (Å²) in [4.78, 5) is 26.6. The first-order chi connectivity index (χ1) is 14.7. The van der Waals surface area contributed by atoms with Crippen LogP contribution in [0.25, 0.3) is 0 Å². The molecule has 3 N–H and O–H groups in total. The van der Waals surface area contributed by atoms with E-state index in [4.69, 9.17) is 0 Å². The number of aliphatic hydroxyl groups excluding tert-OH is 2. The average Bonchev–Trinajstić information content (AvgIpc) is 3.01. The topological polar surface area (TPSA) is 94.8 Å². The molecule has 0 aliphatic heterocycles. The Kier molecular flexibility index (Phi) is 7.66. The van der Waals surface area contributed by atoms with Crippen LogP contribution in [-0.2, 0) is 9.59 Å². The van der Waals surface area contributed by atoms with Gasteiger partial charge in [0.05, 0.1) is 11.0 Å². The predicted octanol–water partition coefficient (Wildman–Crippen LogP) is 5.91. The van der Waals surface area contributed by atoms with Gasteiger partial charge in [0.25, 0.3) is 0 Å². The maximum absolute atomic E-state index is 13.5. The standard InChI is InChI=1S/C27H40O5/c1-9-17(6)22(28)21-23(29)19(14-20-18(16(4)5)11-13-27(20,8)32)24(30)26(7,25(21)31)12-10-15(2)3/h10,17-18,20,29-30,32H,4,9,11-14H2,1-3,5-8H3/t17?,18-,20-,26?,27+/m0/s1. The van der Waals surface area contributed by atoms with E-state index in [9.17, 15) is 24.9 Å². The lowest BCUT2D eigenvalue weighted by atomic mass is 9.67. The van der Waals surface area contributed by atoms with Crippen molar-refractivity contribution in [3.63, 3.8) is 0 Å². The maximum atomic E-state index is 13.5. The van der Waals surface area contributed by atoms with Crippen LogP contribution in [0.2, 0.25) is 0 Å². The third-order valence-electron chi connectivity index (χ3n) is 7.59. The molecule has 0 aromatic heterocycles. The van der Waals surface area contributed by atoms with E-state index in [2.05, 4.69) is 6.58 Å². The molecular weight excluding hydrogens is 404 g/mol. The van der Waals surface area contributed by atoms with E-state index < -0.39 is 34.3 Å². The summed E-state index contributed by atoms with van der Waals surface area (Å²) in [5.41, 5.74) is -0.453. The minimum absolute atomic E-state index is 0.0217. The van der Waals surface area contributed by atoms with Crippen molar-refractivity contribution in [3.8, 4) is 0 Å². The first-order valence-corrected chi connectivity index (χ1v) is 11.6. The van der Waals surface area contributed by atoms with Gasteiger partial charge in [0.15, 0.2) is 11.6 Å². The second-order valence-electron chi connectivity index (χ2n) is 10.5. The van der Waals surface area contributed by atoms with Gasteiger partial charge in [-0.05, 0) is 78.6 Å². The van der Waals surface area contributed by atoms with Crippen molar-refractivity contribution in [1.82, 2.24) is 0 Å². The zero-order valence-electron chi connectivity index (χ0n) is 20.7. The second kappa shape index (κ2) is 9.38. The van der Waals surface area contributed by atoms with Crippen molar-refractivity contribution in [2.45, 2.75) is 86.2 Å². The van der Waals surface area contributed by atoms with Gasteiger partial charge in [0, 0.05) is 11.5 Å². The molecular formula is C27H40O5. The molecule has 0 amide bonds. The maximum Gasteiger partial charge on any atom is 0.183 e. The van der Waals surface area contributed by atoms with Gasteiger partial charge in [-0.1, -0.05) is 37.6 Å². The highest BCUT2D eigenvalue weighted by Gasteiger charge is 2.51. The number of aliphatic hydroxyl groups is 3. The van der Waals surface area contributed by atoms with Crippen molar-refractivity contribution in [2.75, 3.05) is 0 Å². The predicted molar refractivity (Wildman–Crippen MR) is 127 cm³/mol. The van der Waals surface area contributed by atoms with Crippen molar-refractivity contribution in [3.05, 3.63) is 46.5 Å². The Bertz CT molecular complexity index is 897. The third kappa shape index (κ3) is 4.63. The first-order valence-electron chi connectivity index (χ1n) is 11.6. The Labute approximate surface area is 192 Å². The van der Waals surface area contributed by atoms with Gasteiger partial charge in [-0.15, -0.1) is 0 Å². The summed E-state index contributed by atoms with van der Waals surface area (Å²) in [6.45, 7) is 16.8. The van der Waals surface area contributed by atoms with Crippen LogP contribution in [0, 0.1) is 23.2 Å². The van der Waals surface area contributed by atoms with E-state index in [0.717, 1.165) is 17.6 Å². The molecule has 0 heterocycles. The lowest BCUT2D eigenvalue weighted by molar-refractivity contribution is -0.128. The lowest BCUT2D eigenvalue weighted by Gasteiger charge is -2.37. The highest BCUT2D eigenvalue weighted by Crippen LogP contribution is 2.50. The van der Waals surface area contributed by atoms with Gasteiger partial charge in [-0.25, -0.2) is 0 Å². The Morgan fingerprint density at radius 3 is 2.34 bits per heavy atom. The molecule has 5 atom stereocenters. The number of hydrogen-bond acceptors (Lipinski definition) is 5. The monoisotopic (exact) mass is 444 g/mol. The smallest absolute Gasteiger partial charge is 0.183 e. The number of carbonyl (C=O) groups excluding carboxylic acids is 2. The first kappa shape index (κ1) is 26.1. The Morgan fingerprint density at radius 1 is 1.25 bits per heavy atom. The molecule has 2 rings (SSSR count). The Balaban J connectivity index is 2.69. The zero-order valence-corrected chi connectivity index (χ0v) is 20.7. The van der Waals surface area contributed by atoms with E-state index in [1.165, 1.54) is 0 Å². The number of ketones is 2. The summed E-state index contributed by atoms with van der Waals surface area (Å²) in [6.07, 6.45) is 4.13. The molecule has 0 aromatic carbocycles. The van der Waals surface area contributed by atoms with Crippen LogP contribution < -0.4 is 0 Å². The fourth-order valence-electron chi connectivity index (χ4n) is 4.98. The Hall–Kier alpha value is -2.14. The molecule has 0 radical (unpaired) electrons. The van der Waals surface area contributed by atoms with Crippen molar-refractivity contribution >= 4 is 11.6 Å². The van der Waals surface area contributed by atoms with Crippen LogP contribution in [0.3, 0.4) is 0 Å². The lowest BCUT2D eigenvalue weighted by Crippen LogP contribution is -2.41. The molecule has 2 aliphatic rings. The quantitative estimate of drug-likeness (QED) is 0.319. The van der Waals surface area contributed by atoms with E-state index in [0.29, 0.717) is 12.8 Å². The van der Waals surface area contributed by atoms with E-state index in [1.807, 2.05) is 33.8 Å². The summed E-state index contributed by atoms with van der Waals surface area (Å²) in [5, 5.41) is 33.5. The summed E-state index contributed by atoms with van der Waals surface area (Å²) in [7, 11) is 0. The summed E-state index contributed by atoms with van der Waals surface area (Å²) in [5.74, 6) is -2.29. The molecule has 0 bridgehead atoms. The van der Waals surface area contributed by atoms with Gasteiger partial charge in [-0.2, -0.15) is 0 Å². The summed E-state index contributed by atoms with van der Waals surface area (Å²) in [6, 6.07) is 0. The summed E-state index contributed by atoms with van der Waals surface area (Å²) < 4.78 is 0. The SMILES string of the molecule is C=C(C)[C@@H]1CC[C@@](C)(O)[C@H]1CC1=C(O)C(C)(CC=C(C)C)C(=O)C(C(=O)C(C)CC)=C1O. The molecule has 32 heavy (non-hydrogen) atoms.